The quantitative estimate of drug-likeness (QED) is 0.602. The number of tetrazole rings is 1. The minimum absolute atomic E-state index is 0.00951. The first-order chi connectivity index (χ1) is 13.6. The van der Waals surface area contributed by atoms with Crippen LogP contribution >= 0.6 is 11.8 Å². The summed E-state index contributed by atoms with van der Waals surface area (Å²) in [6.07, 6.45) is 2.70. The van der Waals surface area contributed by atoms with Crippen molar-refractivity contribution in [3.8, 4) is 11.4 Å². The number of aromatic nitrogens is 4. The molecule has 1 heterocycles. The van der Waals surface area contributed by atoms with Crippen LogP contribution in [0, 0.1) is 13.8 Å². The Balaban J connectivity index is 1.34. The molecule has 144 valence electrons. The molecule has 0 spiro atoms. The van der Waals surface area contributed by atoms with Crippen LogP contribution in [0.3, 0.4) is 0 Å². The third kappa shape index (κ3) is 4.42. The van der Waals surface area contributed by atoms with Crippen molar-refractivity contribution >= 4 is 23.4 Å². The lowest BCUT2D eigenvalue weighted by Crippen LogP contribution is -2.12. The average molecular weight is 394 g/mol. The van der Waals surface area contributed by atoms with Gasteiger partial charge in [-0.1, -0.05) is 18.2 Å². The molecule has 1 amide bonds. The number of rotatable bonds is 7. The van der Waals surface area contributed by atoms with E-state index in [0.717, 1.165) is 35.7 Å². The summed E-state index contributed by atoms with van der Waals surface area (Å²) in [5, 5.41) is 15.0. The van der Waals surface area contributed by atoms with E-state index in [-0.39, 0.29) is 5.91 Å². The molecule has 0 aliphatic heterocycles. The third-order valence-corrected chi connectivity index (χ3v) is 5.86. The maximum atomic E-state index is 12.3. The minimum Gasteiger partial charge on any atom is -0.326 e. The summed E-state index contributed by atoms with van der Waals surface area (Å²) in [5.41, 5.74) is 4.25. The summed E-state index contributed by atoms with van der Waals surface area (Å²) in [6.45, 7) is 4.22. The highest BCUT2D eigenvalue weighted by atomic mass is 32.2. The molecule has 0 radical (unpaired) electrons. The SMILES string of the molecule is Cc1ccc(SCCC(=O)Nc2cccc(-c3nnnn3C3CC3)c2)cc1C. The molecule has 3 aromatic rings. The predicted molar refractivity (Wildman–Crippen MR) is 111 cm³/mol. The first-order valence-electron chi connectivity index (χ1n) is 9.48. The van der Waals surface area contributed by atoms with E-state index >= 15 is 0 Å². The normalized spacial score (nSPS) is 13.5. The summed E-state index contributed by atoms with van der Waals surface area (Å²) in [7, 11) is 0. The van der Waals surface area contributed by atoms with Crippen LogP contribution in [0.1, 0.15) is 36.4 Å². The highest BCUT2D eigenvalue weighted by Crippen LogP contribution is 2.36. The van der Waals surface area contributed by atoms with Gasteiger partial charge in [0, 0.05) is 28.3 Å². The monoisotopic (exact) mass is 393 g/mol. The Morgan fingerprint density at radius 3 is 2.82 bits per heavy atom. The number of anilines is 1. The lowest BCUT2D eigenvalue weighted by atomic mass is 10.1. The molecule has 1 fully saturated rings. The van der Waals surface area contributed by atoms with Gasteiger partial charge in [0.25, 0.3) is 0 Å². The zero-order chi connectivity index (χ0) is 19.5. The summed E-state index contributed by atoms with van der Waals surface area (Å²) < 4.78 is 1.88. The Labute approximate surface area is 168 Å². The van der Waals surface area contributed by atoms with Gasteiger partial charge in [0.15, 0.2) is 5.82 Å². The highest BCUT2D eigenvalue weighted by Gasteiger charge is 2.28. The Morgan fingerprint density at radius 2 is 2.04 bits per heavy atom. The lowest BCUT2D eigenvalue weighted by Gasteiger charge is -2.08. The van der Waals surface area contributed by atoms with Crippen molar-refractivity contribution in [2.45, 2.75) is 44.0 Å². The Bertz CT molecular complexity index is 996. The second kappa shape index (κ2) is 8.14. The molecule has 4 rings (SSSR count). The fourth-order valence-electron chi connectivity index (χ4n) is 2.97. The van der Waals surface area contributed by atoms with Crippen LogP contribution in [0.15, 0.2) is 47.4 Å². The zero-order valence-electron chi connectivity index (χ0n) is 16.1. The Morgan fingerprint density at radius 1 is 1.18 bits per heavy atom. The van der Waals surface area contributed by atoms with Gasteiger partial charge in [0.1, 0.15) is 0 Å². The van der Waals surface area contributed by atoms with Crippen molar-refractivity contribution in [3.63, 3.8) is 0 Å². The molecule has 0 saturated heterocycles. The number of nitrogens with one attached hydrogen (secondary N) is 1. The second-order valence-electron chi connectivity index (χ2n) is 7.15. The van der Waals surface area contributed by atoms with Gasteiger partial charge >= 0.3 is 0 Å². The number of hydrogen-bond donors (Lipinski definition) is 1. The van der Waals surface area contributed by atoms with E-state index < -0.39 is 0 Å². The van der Waals surface area contributed by atoms with Gasteiger partial charge in [-0.05, 0) is 72.5 Å². The number of amides is 1. The van der Waals surface area contributed by atoms with Crippen molar-refractivity contribution in [1.29, 1.82) is 0 Å². The number of hydrogen-bond acceptors (Lipinski definition) is 5. The maximum Gasteiger partial charge on any atom is 0.225 e. The molecule has 2 aromatic carbocycles. The summed E-state index contributed by atoms with van der Waals surface area (Å²) in [5.74, 6) is 1.51. The van der Waals surface area contributed by atoms with E-state index in [1.54, 1.807) is 11.8 Å². The van der Waals surface area contributed by atoms with Crippen molar-refractivity contribution in [2.75, 3.05) is 11.1 Å². The fraction of sp³-hybridized carbons (Fsp3) is 0.333. The number of aryl methyl sites for hydroxylation is 2. The molecular formula is C21H23N5OS. The molecule has 1 saturated carbocycles. The van der Waals surface area contributed by atoms with Gasteiger partial charge in [0.2, 0.25) is 5.91 Å². The summed E-state index contributed by atoms with van der Waals surface area (Å²) in [4.78, 5) is 13.5. The van der Waals surface area contributed by atoms with Crippen LogP contribution in [0.2, 0.25) is 0 Å². The predicted octanol–water partition coefficient (Wildman–Crippen LogP) is 4.41. The van der Waals surface area contributed by atoms with Crippen LogP contribution in [-0.4, -0.2) is 31.9 Å². The summed E-state index contributed by atoms with van der Waals surface area (Å²) >= 11 is 1.70. The van der Waals surface area contributed by atoms with E-state index in [2.05, 4.69) is 52.9 Å². The first-order valence-corrected chi connectivity index (χ1v) is 10.5. The topological polar surface area (TPSA) is 72.7 Å². The molecule has 1 N–H and O–H groups in total. The molecule has 6 nitrogen and oxygen atoms in total. The Hall–Kier alpha value is -2.67. The smallest absolute Gasteiger partial charge is 0.225 e. The minimum atomic E-state index is 0.00951. The largest absolute Gasteiger partial charge is 0.326 e. The molecule has 28 heavy (non-hydrogen) atoms. The number of carbonyl (C=O) groups is 1. The van der Waals surface area contributed by atoms with Crippen LogP contribution in [-0.2, 0) is 4.79 Å². The van der Waals surface area contributed by atoms with E-state index in [1.165, 1.54) is 16.0 Å². The van der Waals surface area contributed by atoms with Gasteiger partial charge < -0.3 is 5.32 Å². The number of nitrogens with zero attached hydrogens (tertiary/aromatic N) is 4. The van der Waals surface area contributed by atoms with Gasteiger partial charge in [0.05, 0.1) is 6.04 Å². The van der Waals surface area contributed by atoms with E-state index in [9.17, 15) is 4.79 Å². The Kier molecular flexibility index (Phi) is 5.43. The van der Waals surface area contributed by atoms with E-state index in [4.69, 9.17) is 0 Å². The molecular weight excluding hydrogens is 370 g/mol. The van der Waals surface area contributed by atoms with E-state index in [0.29, 0.717) is 12.5 Å². The van der Waals surface area contributed by atoms with Gasteiger partial charge in [-0.25, -0.2) is 4.68 Å². The molecule has 1 aromatic heterocycles. The van der Waals surface area contributed by atoms with Gasteiger partial charge in [-0.2, -0.15) is 0 Å². The van der Waals surface area contributed by atoms with E-state index in [1.807, 2.05) is 28.9 Å². The van der Waals surface area contributed by atoms with Gasteiger partial charge in [-0.3, -0.25) is 4.79 Å². The molecule has 0 bridgehead atoms. The fourth-order valence-corrected chi connectivity index (χ4v) is 3.92. The van der Waals surface area contributed by atoms with Crippen LogP contribution in [0.25, 0.3) is 11.4 Å². The van der Waals surface area contributed by atoms with Crippen LogP contribution < -0.4 is 5.32 Å². The van der Waals surface area contributed by atoms with Crippen molar-refractivity contribution < 1.29 is 4.79 Å². The standard InChI is InChI=1S/C21H23N5OS/c1-14-6-9-19(12-15(14)2)28-11-10-20(27)22-17-5-3-4-16(13-17)21-23-24-25-26(21)18-7-8-18/h3-6,9,12-13,18H,7-8,10-11H2,1-2H3,(H,22,27). The van der Waals surface area contributed by atoms with Crippen molar-refractivity contribution in [3.05, 3.63) is 53.6 Å². The first kappa shape index (κ1) is 18.7. The molecule has 1 aliphatic rings. The third-order valence-electron chi connectivity index (χ3n) is 4.87. The van der Waals surface area contributed by atoms with Crippen molar-refractivity contribution in [1.82, 2.24) is 20.2 Å². The molecule has 1 aliphatic carbocycles. The molecule has 7 heteroatoms. The zero-order valence-corrected chi connectivity index (χ0v) is 16.9. The molecule has 0 unspecified atom stereocenters. The molecule has 0 atom stereocenters. The number of carbonyl (C=O) groups excluding carboxylic acids is 1. The van der Waals surface area contributed by atoms with Crippen molar-refractivity contribution in [2.24, 2.45) is 0 Å². The van der Waals surface area contributed by atoms with Gasteiger partial charge in [-0.15, -0.1) is 16.9 Å². The average Bonchev–Trinajstić information content (AvgIpc) is 3.41. The second-order valence-corrected chi connectivity index (χ2v) is 8.32. The highest BCUT2D eigenvalue weighted by molar-refractivity contribution is 7.99. The van der Waals surface area contributed by atoms with Crippen LogP contribution in [0.5, 0.6) is 0 Å². The lowest BCUT2D eigenvalue weighted by molar-refractivity contribution is -0.115. The maximum absolute atomic E-state index is 12.3. The summed E-state index contributed by atoms with van der Waals surface area (Å²) in [6, 6.07) is 14.5. The number of thioether (sulfide) groups is 1. The number of benzene rings is 2. The van der Waals surface area contributed by atoms with Crippen LogP contribution in [0.4, 0.5) is 5.69 Å².